The van der Waals surface area contributed by atoms with E-state index in [-0.39, 0.29) is 37.6 Å². The van der Waals surface area contributed by atoms with E-state index in [1.807, 2.05) is 0 Å². The van der Waals surface area contributed by atoms with Crippen molar-refractivity contribution in [2.75, 3.05) is 26.4 Å². The summed E-state index contributed by atoms with van der Waals surface area (Å²) in [5.41, 5.74) is 0.352. The smallest absolute Gasteiger partial charge is 0.466 e. The molecule has 29 heavy (non-hydrogen) atoms. The Bertz CT molecular complexity index is 412. The molecule has 0 rings (SSSR count). The topological polar surface area (TPSA) is 274 Å². The average molecular weight is 454 g/mol. The van der Waals surface area contributed by atoms with Crippen LogP contribution >= 0.6 is 7.82 Å². The fourth-order valence-corrected chi connectivity index (χ4v) is 0.115. The number of carboxylic acids is 2. The number of aliphatic hydroxyl groups is 6. The van der Waals surface area contributed by atoms with Crippen LogP contribution in [0.25, 0.3) is 0 Å². The third-order valence-electron chi connectivity index (χ3n) is 1.57. The van der Waals surface area contributed by atoms with Crippen LogP contribution in [0.1, 0.15) is 13.8 Å². The largest absolute Gasteiger partial charge is 0.478 e. The fourth-order valence-electron chi connectivity index (χ4n) is 0.115. The molecule has 11 N–H and O–H groups in total. The molecule has 15 heteroatoms. The monoisotopic (exact) mass is 454 g/mol. The normalized spacial score (nSPS) is 9.28. The summed E-state index contributed by atoms with van der Waals surface area (Å²) in [5.74, 6) is -1.87. The van der Waals surface area contributed by atoms with E-state index in [4.69, 9.17) is 60.1 Å². The molecule has 0 aliphatic carbocycles. The molecule has 0 aromatic heterocycles. The van der Waals surface area contributed by atoms with Crippen LogP contribution < -0.4 is 0 Å². The van der Waals surface area contributed by atoms with Crippen molar-refractivity contribution in [3.63, 3.8) is 0 Å². The van der Waals surface area contributed by atoms with Crippen LogP contribution in [0, 0.1) is 0 Å². The standard InChI is InChI=1S/2C4H6O2.2C3H8O3.H3O4P/c2*1-3(2)4(5)6;2*4-1-3(6)2-5;1-5(2,3)4/h2*1H2,2H3,(H,5,6);2*3-6H,1-2H2;(H3,1,2,3,4). The number of hydrogen-bond acceptors (Lipinski definition) is 9. The summed E-state index contributed by atoms with van der Waals surface area (Å²) in [6.07, 6.45) is -1.91. The van der Waals surface area contributed by atoms with Gasteiger partial charge in [-0.15, -0.1) is 0 Å². The molecule has 0 aliphatic rings. The quantitative estimate of drug-likeness (QED) is 0.141. The lowest BCUT2D eigenvalue weighted by Crippen LogP contribution is -2.15. The summed E-state index contributed by atoms with van der Waals surface area (Å²) >= 11 is 0. The van der Waals surface area contributed by atoms with Gasteiger partial charge in [-0.2, -0.15) is 0 Å². The van der Waals surface area contributed by atoms with Gasteiger partial charge in [-0.3, -0.25) is 0 Å². The molecular formula is C14H31O14P. The van der Waals surface area contributed by atoms with E-state index in [2.05, 4.69) is 13.2 Å². The molecule has 14 nitrogen and oxygen atoms in total. The van der Waals surface area contributed by atoms with E-state index in [9.17, 15) is 9.59 Å². The molecule has 0 aromatic carbocycles. The van der Waals surface area contributed by atoms with Gasteiger partial charge in [0.1, 0.15) is 12.2 Å². The maximum atomic E-state index is 9.60. The van der Waals surface area contributed by atoms with Crippen molar-refractivity contribution in [3.8, 4) is 0 Å². The van der Waals surface area contributed by atoms with Crippen molar-refractivity contribution in [1.82, 2.24) is 0 Å². The maximum Gasteiger partial charge on any atom is 0.466 e. The zero-order valence-corrected chi connectivity index (χ0v) is 16.9. The third-order valence-corrected chi connectivity index (χ3v) is 1.57. The second-order valence-corrected chi connectivity index (χ2v) is 5.75. The van der Waals surface area contributed by atoms with Crippen molar-refractivity contribution in [1.29, 1.82) is 0 Å². The molecule has 0 spiro atoms. The van der Waals surface area contributed by atoms with E-state index in [0.717, 1.165) is 0 Å². The summed E-state index contributed by atoms with van der Waals surface area (Å²) in [6.45, 7) is 7.75. The minimum atomic E-state index is -4.64. The lowest BCUT2D eigenvalue weighted by Gasteiger charge is -1.96. The number of aliphatic hydroxyl groups excluding tert-OH is 6. The molecule has 0 bridgehead atoms. The van der Waals surface area contributed by atoms with Gasteiger partial charge in [-0.05, 0) is 13.8 Å². The molecule has 0 fully saturated rings. The Morgan fingerprint density at radius 3 is 0.828 bits per heavy atom. The van der Waals surface area contributed by atoms with Crippen LogP contribution in [0.4, 0.5) is 0 Å². The molecule has 0 saturated carbocycles. The van der Waals surface area contributed by atoms with Gasteiger partial charge >= 0.3 is 19.8 Å². The number of phosphoric acid groups is 1. The van der Waals surface area contributed by atoms with Gasteiger partial charge in [0.15, 0.2) is 0 Å². The molecular weight excluding hydrogens is 423 g/mol. The van der Waals surface area contributed by atoms with Crippen LogP contribution in [0.15, 0.2) is 24.3 Å². The van der Waals surface area contributed by atoms with Gasteiger partial charge < -0.3 is 55.5 Å². The summed E-state index contributed by atoms with van der Waals surface area (Å²) in [4.78, 5) is 40.8. The zero-order valence-electron chi connectivity index (χ0n) is 16.0. The van der Waals surface area contributed by atoms with Gasteiger partial charge in [0.05, 0.1) is 26.4 Å². The predicted molar refractivity (Wildman–Crippen MR) is 99.5 cm³/mol. The second-order valence-electron chi connectivity index (χ2n) is 4.72. The van der Waals surface area contributed by atoms with Crippen LogP contribution in [-0.4, -0.2) is 106 Å². The van der Waals surface area contributed by atoms with Crippen molar-refractivity contribution < 1.29 is 69.7 Å². The summed E-state index contributed by atoms with van der Waals surface area (Å²) < 4.78 is 8.88. The summed E-state index contributed by atoms with van der Waals surface area (Å²) in [7, 11) is -4.64. The van der Waals surface area contributed by atoms with Gasteiger partial charge in [-0.25, -0.2) is 14.2 Å². The lowest BCUT2D eigenvalue weighted by molar-refractivity contribution is -0.133. The number of hydrogen-bond donors (Lipinski definition) is 11. The van der Waals surface area contributed by atoms with Gasteiger partial charge in [-0.1, -0.05) is 13.2 Å². The Hall–Kier alpha value is -1.71. The highest BCUT2D eigenvalue weighted by Crippen LogP contribution is 2.25. The molecule has 176 valence electrons. The van der Waals surface area contributed by atoms with Crippen LogP contribution in [0.2, 0.25) is 0 Å². The first-order chi connectivity index (χ1) is 12.9. The molecule has 0 amide bonds. The van der Waals surface area contributed by atoms with Crippen molar-refractivity contribution in [3.05, 3.63) is 24.3 Å². The number of aliphatic carboxylic acids is 2. The van der Waals surface area contributed by atoms with E-state index < -0.39 is 32.0 Å². The summed E-state index contributed by atoms with van der Waals surface area (Å²) in [5, 5.41) is 63.8. The SMILES string of the molecule is C=C(C)C(=O)O.C=C(C)C(=O)O.O=P(O)(O)O.OCC(O)CO.OCC(O)CO. The van der Waals surface area contributed by atoms with Crippen LogP contribution in [0.5, 0.6) is 0 Å². The molecule has 0 aromatic rings. The Kier molecular flexibility index (Phi) is 31.8. The highest BCUT2D eigenvalue weighted by atomic mass is 31.2. The van der Waals surface area contributed by atoms with Crippen LogP contribution in [0.3, 0.4) is 0 Å². The molecule has 0 saturated heterocycles. The summed E-state index contributed by atoms with van der Waals surface area (Å²) in [6, 6.07) is 0. The Balaban J connectivity index is -0.0000000829. The van der Waals surface area contributed by atoms with E-state index in [1.165, 1.54) is 13.8 Å². The zero-order chi connectivity index (χ0) is 24.8. The minimum absolute atomic E-state index is 0.176. The van der Waals surface area contributed by atoms with E-state index in [1.54, 1.807) is 0 Å². The molecule has 0 radical (unpaired) electrons. The maximum absolute atomic E-state index is 9.60. The Morgan fingerprint density at radius 2 is 0.828 bits per heavy atom. The Morgan fingerprint density at radius 1 is 0.724 bits per heavy atom. The van der Waals surface area contributed by atoms with Gasteiger partial charge in [0, 0.05) is 11.1 Å². The lowest BCUT2D eigenvalue weighted by atomic mass is 10.4. The Labute approximate surface area is 167 Å². The van der Waals surface area contributed by atoms with Gasteiger partial charge in [0.2, 0.25) is 0 Å². The predicted octanol–water partition coefficient (Wildman–Crippen LogP) is -2.97. The van der Waals surface area contributed by atoms with Crippen LogP contribution in [-0.2, 0) is 14.2 Å². The van der Waals surface area contributed by atoms with E-state index >= 15 is 0 Å². The number of rotatable bonds is 6. The fraction of sp³-hybridized carbons (Fsp3) is 0.571. The highest BCUT2D eigenvalue weighted by molar-refractivity contribution is 7.45. The van der Waals surface area contributed by atoms with Gasteiger partial charge in [0.25, 0.3) is 0 Å². The molecule has 0 aliphatic heterocycles. The minimum Gasteiger partial charge on any atom is -0.478 e. The third kappa shape index (κ3) is 76.0. The van der Waals surface area contributed by atoms with Crippen molar-refractivity contribution in [2.45, 2.75) is 26.1 Å². The molecule has 0 atom stereocenters. The first-order valence-electron chi connectivity index (χ1n) is 7.26. The molecule has 0 unspecified atom stereocenters. The highest BCUT2D eigenvalue weighted by Gasteiger charge is 2.00. The van der Waals surface area contributed by atoms with Crippen molar-refractivity contribution in [2.24, 2.45) is 0 Å². The number of carboxylic acid groups (broad SMARTS) is 2. The van der Waals surface area contributed by atoms with Crippen molar-refractivity contribution >= 4 is 19.8 Å². The molecule has 0 heterocycles. The van der Waals surface area contributed by atoms with E-state index in [0.29, 0.717) is 0 Å². The number of carbonyl (C=O) groups is 2. The first kappa shape index (κ1) is 38.0. The first-order valence-corrected chi connectivity index (χ1v) is 8.82. The average Bonchev–Trinajstić information content (AvgIpc) is 2.60. The second kappa shape index (κ2) is 24.3.